The van der Waals surface area contributed by atoms with E-state index in [4.69, 9.17) is 10.2 Å². The number of nitrogens with zero attached hydrogens (tertiary/aromatic N) is 1. The average Bonchev–Trinajstić information content (AvgIpc) is 3.00. The zero-order valence-corrected chi connectivity index (χ0v) is 11.2. The largest absolute Gasteiger partial charge is 0.463 e. The Morgan fingerprint density at radius 1 is 1.23 bits per heavy atom. The van der Waals surface area contributed by atoms with Gasteiger partial charge in [-0.15, -0.1) is 0 Å². The van der Waals surface area contributed by atoms with Crippen LogP contribution in [0.4, 0.5) is 18.9 Å². The predicted molar refractivity (Wildman–Crippen MR) is 75.1 cm³/mol. The second kappa shape index (κ2) is 6.30. The molecule has 0 amide bonds. The molecule has 1 aromatic heterocycles. The molecule has 0 saturated carbocycles. The number of alkyl halides is 3. The lowest BCUT2D eigenvalue weighted by atomic mass is 10.2. The Bertz CT molecular complexity index is 717. The Balaban J connectivity index is 2.49. The summed E-state index contributed by atoms with van der Waals surface area (Å²) < 4.78 is 42.8. The SMILES string of the molecule is N/C(=C\C(=Nc1cccc(C=O)c1)c1ccco1)C(F)(F)F. The minimum absolute atomic E-state index is 0.0946. The summed E-state index contributed by atoms with van der Waals surface area (Å²) in [6.45, 7) is 0. The van der Waals surface area contributed by atoms with E-state index >= 15 is 0 Å². The first-order valence-electron chi connectivity index (χ1n) is 6.12. The number of aliphatic imine (C=N–C) groups is 1. The van der Waals surface area contributed by atoms with Crippen LogP contribution in [0.5, 0.6) is 0 Å². The summed E-state index contributed by atoms with van der Waals surface area (Å²) in [6, 6.07) is 9.09. The number of aldehydes is 1. The van der Waals surface area contributed by atoms with Gasteiger partial charge in [0.05, 0.1) is 12.0 Å². The van der Waals surface area contributed by atoms with E-state index < -0.39 is 11.9 Å². The monoisotopic (exact) mass is 308 g/mol. The highest BCUT2D eigenvalue weighted by atomic mass is 19.4. The summed E-state index contributed by atoms with van der Waals surface area (Å²) in [5, 5.41) is 0. The molecule has 2 aromatic rings. The Kier molecular flexibility index (Phi) is 4.45. The van der Waals surface area contributed by atoms with Crippen LogP contribution in [-0.4, -0.2) is 18.2 Å². The molecule has 7 heteroatoms. The third-order valence-electron chi connectivity index (χ3n) is 2.65. The van der Waals surface area contributed by atoms with Crippen LogP contribution >= 0.6 is 0 Å². The fourth-order valence-corrected chi connectivity index (χ4v) is 1.62. The van der Waals surface area contributed by atoms with Crippen LogP contribution in [0.15, 0.2) is 63.8 Å². The van der Waals surface area contributed by atoms with Crippen molar-refractivity contribution in [2.24, 2.45) is 10.7 Å². The molecule has 0 fully saturated rings. The summed E-state index contributed by atoms with van der Waals surface area (Å²) in [5.74, 6) is 0.128. The second-order valence-corrected chi connectivity index (χ2v) is 4.28. The van der Waals surface area contributed by atoms with Crippen molar-refractivity contribution in [3.8, 4) is 0 Å². The van der Waals surface area contributed by atoms with Crippen molar-refractivity contribution in [1.82, 2.24) is 0 Å². The van der Waals surface area contributed by atoms with Crippen LogP contribution in [0.25, 0.3) is 0 Å². The summed E-state index contributed by atoms with van der Waals surface area (Å²) >= 11 is 0. The van der Waals surface area contributed by atoms with E-state index in [0.717, 1.165) is 0 Å². The number of carbonyl (C=O) groups is 1. The molecule has 2 N–H and O–H groups in total. The highest BCUT2D eigenvalue weighted by Crippen LogP contribution is 2.23. The molecule has 0 radical (unpaired) electrons. The molecule has 0 aliphatic carbocycles. The molecule has 1 aromatic carbocycles. The van der Waals surface area contributed by atoms with Crippen LogP contribution in [0, 0.1) is 0 Å². The summed E-state index contributed by atoms with van der Waals surface area (Å²) in [5.41, 5.74) is 4.30. The summed E-state index contributed by atoms with van der Waals surface area (Å²) in [7, 11) is 0. The normalized spacial score (nSPS) is 13.2. The van der Waals surface area contributed by atoms with Gasteiger partial charge in [0.25, 0.3) is 0 Å². The molecule has 2 rings (SSSR count). The van der Waals surface area contributed by atoms with Gasteiger partial charge in [-0.3, -0.25) is 4.79 Å². The van der Waals surface area contributed by atoms with E-state index in [1.54, 1.807) is 18.2 Å². The summed E-state index contributed by atoms with van der Waals surface area (Å²) in [6.07, 6.45) is -2.06. The van der Waals surface area contributed by atoms with E-state index in [0.29, 0.717) is 23.6 Å². The predicted octanol–water partition coefficient (Wildman–Crippen LogP) is 3.62. The van der Waals surface area contributed by atoms with Crippen molar-refractivity contribution < 1.29 is 22.4 Å². The molecule has 0 bridgehead atoms. The van der Waals surface area contributed by atoms with Gasteiger partial charge in [-0.1, -0.05) is 12.1 Å². The maximum absolute atomic E-state index is 12.6. The van der Waals surface area contributed by atoms with Gasteiger partial charge in [-0.2, -0.15) is 13.2 Å². The number of hydrogen-bond donors (Lipinski definition) is 1. The van der Waals surface area contributed by atoms with Gasteiger partial charge in [0.15, 0.2) is 5.76 Å². The molecular formula is C15H11F3N2O2. The van der Waals surface area contributed by atoms with Crippen LogP contribution in [0.3, 0.4) is 0 Å². The number of allylic oxidation sites excluding steroid dienone is 2. The number of benzene rings is 1. The molecule has 0 spiro atoms. The topological polar surface area (TPSA) is 68.6 Å². The molecule has 1 heterocycles. The van der Waals surface area contributed by atoms with Crippen LogP contribution in [0.2, 0.25) is 0 Å². The van der Waals surface area contributed by atoms with Crippen molar-refractivity contribution in [3.63, 3.8) is 0 Å². The minimum Gasteiger partial charge on any atom is -0.463 e. The Hall–Kier alpha value is -2.83. The van der Waals surface area contributed by atoms with Gasteiger partial charge >= 0.3 is 6.18 Å². The number of nitrogens with two attached hydrogens (primary N) is 1. The Labute approximate surface area is 123 Å². The van der Waals surface area contributed by atoms with Crippen LogP contribution in [0.1, 0.15) is 16.1 Å². The Morgan fingerprint density at radius 2 is 2.00 bits per heavy atom. The molecule has 0 aliphatic heterocycles. The van der Waals surface area contributed by atoms with Gasteiger partial charge in [-0.25, -0.2) is 4.99 Å². The van der Waals surface area contributed by atoms with E-state index in [-0.39, 0.29) is 11.5 Å². The van der Waals surface area contributed by atoms with Gasteiger partial charge in [0, 0.05) is 5.56 Å². The number of carbonyl (C=O) groups excluding carboxylic acids is 1. The highest BCUT2D eigenvalue weighted by molar-refractivity contribution is 6.08. The molecule has 0 aliphatic rings. The van der Waals surface area contributed by atoms with Crippen LogP contribution in [-0.2, 0) is 0 Å². The average molecular weight is 308 g/mol. The third kappa shape index (κ3) is 3.85. The lowest BCUT2D eigenvalue weighted by Crippen LogP contribution is -2.20. The fourth-order valence-electron chi connectivity index (χ4n) is 1.62. The highest BCUT2D eigenvalue weighted by Gasteiger charge is 2.32. The fraction of sp³-hybridized carbons (Fsp3) is 0.0667. The number of rotatable bonds is 4. The van der Waals surface area contributed by atoms with Crippen molar-refractivity contribution in [2.45, 2.75) is 6.18 Å². The standard InChI is InChI=1S/C15H11F3N2O2/c16-15(17,18)14(19)8-12(13-5-2-6-22-13)20-11-4-1-3-10(7-11)9-21/h1-9H,19H2/b14-8-,20-12?. The molecular weight excluding hydrogens is 297 g/mol. The van der Waals surface area contributed by atoms with Crippen molar-refractivity contribution in [1.29, 1.82) is 0 Å². The third-order valence-corrected chi connectivity index (χ3v) is 2.65. The molecule has 4 nitrogen and oxygen atoms in total. The molecule has 0 saturated heterocycles. The molecule has 114 valence electrons. The lowest BCUT2D eigenvalue weighted by molar-refractivity contribution is -0.0925. The van der Waals surface area contributed by atoms with Crippen LogP contribution < -0.4 is 5.73 Å². The van der Waals surface area contributed by atoms with Gasteiger partial charge in [0.2, 0.25) is 0 Å². The van der Waals surface area contributed by atoms with E-state index in [1.165, 1.54) is 24.5 Å². The first-order chi connectivity index (χ1) is 10.4. The zero-order valence-electron chi connectivity index (χ0n) is 11.2. The van der Waals surface area contributed by atoms with Crippen molar-refractivity contribution in [2.75, 3.05) is 0 Å². The quantitative estimate of drug-likeness (QED) is 0.693. The van der Waals surface area contributed by atoms with Crippen molar-refractivity contribution in [3.05, 3.63) is 65.8 Å². The van der Waals surface area contributed by atoms with E-state index in [2.05, 4.69) is 4.99 Å². The summed E-state index contributed by atoms with van der Waals surface area (Å²) in [4.78, 5) is 14.8. The second-order valence-electron chi connectivity index (χ2n) is 4.28. The lowest BCUT2D eigenvalue weighted by Gasteiger charge is -2.07. The maximum Gasteiger partial charge on any atom is 0.430 e. The van der Waals surface area contributed by atoms with E-state index in [1.807, 2.05) is 0 Å². The Morgan fingerprint density at radius 3 is 2.59 bits per heavy atom. The maximum atomic E-state index is 12.6. The molecule has 22 heavy (non-hydrogen) atoms. The van der Waals surface area contributed by atoms with Gasteiger partial charge in [0.1, 0.15) is 17.7 Å². The number of furan rings is 1. The molecule has 0 unspecified atom stereocenters. The zero-order chi connectivity index (χ0) is 16.2. The first-order valence-corrected chi connectivity index (χ1v) is 6.12. The minimum atomic E-state index is -4.67. The van der Waals surface area contributed by atoms with Gasteiger partial charge < -0.3 is 10.2 Å². The number of hydrogen-bond acceptors (Lipinski definition) is 4. The van der Waals surface area contributed by atoms with Crippen molar-refractivity contribution >= 4 is 17.7 Å². The number of halogens is 3. The smallest absolute Gasteiger partial charge is 0.430 e. The molecule has 0 atom stereocenters. The first kappa shape index (κ1) is 15.6. The van der Waals surface area contributed by atoms with Gasteiger partial charge in [-0.05, 0) is 30.3 Å². The van der Waals surface area contributed by atoms with E-state index in [9.17, 15) is 18.0 Å².